The Morgan fingerprint density at radius 3 is 3.14 bits per heavy atom. The van der Waals surface area contributed by atoms with Crippen LogP contribution in [0.2, 0.25) is 5.02 Å². The molecule has 2 atom stereocenters. The molecule has 21 heavy (non-hydrogen) atoms. The maximum absolute atomic E-state index is 12.5. The number of H-pyrrole nitrogens is 1. The van der Waals surface area contributed by atoms with Crippen LogP contribution in [0, 0.1) is 0 Å². The molecule has 2 aromatic rings. The van der Waals surface area contributed by atoms with E-state index in [0.29, 0.717) is 29.4 Å². The summed E-state index contributed by atoms with van der Waals surface area (Å²) < 4.78 is 5.21. The molecular formula is C15H17ClN2O3. The van der Waals surface area contributed by atoms with Crippen LogP contribution in [0.4, 0.5) is 0 Å². The zero-order valence-electron chi connectivity index (χ0n) is 11.5. The fourth-order valence-electron chi connectivity index (χ4n) is 2.85. The number of carbonyl (C=O) groups excluding carboxylic acids is 1. The number of nitrogens with zero attached hydrogens (tertiary/aromatic N) is 1. The average molecular weight is 309 g/mol. The zero-order valence-corrected chi connectivity index (χ0v) is 12.2. The summed E-state index contributed by atoms with van der Waals surface area (Å²) in [6.07, 6.45) is 4.75. The standard InChI is InChI=1S/C15H17ClN2O3/c16-10-7-12(17-9-10)15(20)18-5-1-3-11(18)8-13(19)14-4-2-6-21-14/h2,4,6-7,9,11,13,17,19H,1,3,5,8H2. The molecule has 1 fully saturated rings. The van der Waals surface area contributed by atoms with Crippen LogP contribution in [-0.2, 0) is 0 Å². The summed E-state index contributed by atoms with van der Waals surface area (Å²) in [7, 11) is 0. The number of likely N-dealkylation sites (tertiary alicyclic amines) is 1. The molecule has 1 aliphatic heterocycles. The number of hydrogen-bond acceptors (Lipinski definition) is 3. The molecule has 0 saturated carbocycles. The Morgan fingerprint density at radius 2 is 2.48 bits per heavy atom. The molecule has 3 rings (SSSR count). The number of halogens is 1. The lowest BCUT2D eigenvalue weighted by Crippen LogP contribution is -2.36. The number of carbonyl (C=O) groups is 1. The van der Waals surface area contributed by atoms with E-state index in [0.717, 1.165) is 12.8 Å². The van der Waals surface area contributed by atoms with E-state index in [9.17, 15) is 9.90 Å². The second-order valence-corrected chi connectivity index (χ2v) is 5.73. The highest BCUT2D eigenvalue weighted by Gasteiger charge is 2.32. The van der Waals surface area contributed by atoms with Gasteiger partial charge in [-0.15, -0.1) is 0 Å². The molecule has 0 bridgehead atoms. The van der Waals surface area contributed by atoms with Gasteiger partial charge in [-0.25, -0.2) is 0 Å². The molecule has 3 heterocycles. The third kappa shape index (κ3) is 2.99. The van der Waals surface area contributed by atoms with Gasteiger partial charge in [0.25, 0.3) is 5.91 Å². The molecule has 2 unspecified atom stereocenters. The van der Waals surface area contributed by atoms with Crippen molar-refractivity contribution < 1.29 is 14.3 Å². The lowest BCUT2D eigenvalue weighted by atomic mass is 10.0. The number of aliphatic hydroxyl groups is 1. The van der Waals surface area contributed by atoms with Gasteiger partial charge < -0.3 is 19.4 Å². The fraction of sp³-hybridized carbons (Fsp3) is 0.400. The van der Waals surface area contributed by atoms with Gasteiger partial charge in [0.05, 0.1) is 11.3 Å². The number of aromatic amines is 1. The minimum Gasteiger partial charge on any atom is -0.467 e. The van der Waals surface area contributed by atoms with Gasteiger partial charge in [0.1, 0.15) is 17.6 Å². The highest BCUT2D eigenvalue weighted by Crippen LogP contribution is 2.29. The van der Waals surface area contributed by atoms with Crippen molar-refractivity contribution in [1.82, 2.24) is 9.88 Å². The highest BCUT2D eigenvalue weighted by atomic mass is 35.5. The fourth-order valence-corrected chi connectivity index (χ4v) is 3.01. The number of furan rings is 1. The first kappa shape index (κ1) is 14.2. The predicted octanol–water partition coefficient (Wildman–Crippen LogP) is 2.99. The maximum Gasteiger partial charge on any atom is 0.270 e. The average Bonchev–Trinajstić information content (AvgIpc) is 3.18. The van der Waals surface area contributed by atoms with Gasteiger partial charge in [-0.05, 0) is 31.0 Å². The van der Waals surface area contributed by atoms with Crippen LogP contribution in [0.15, 0.2) is 35.1 Å². The van der Waals surface area contributed by atoms with Crippen molar-refractivity contribution in [1.29, 1.82) is 0 Å². The van der Waals surface area contributed by atoms with Crippen LogP contribution in [0.5, 0.6) is 0 Å². The molecule has 6 heteroatoms. The van der Waals surface area contributed by atoms with Crippen molar-refractivity contribution in [3.63, 3.8) is 0 Å². The normalized spacial score (nSPS) is 19.9. The monoisotopic (exact) mass is 308 g/mol. The number of rotatable bonds is 4. The van der Waals surface area contributed by atoms with Gasteiger partial charge in [-0.2, -0.15) is 0 Å². The van der Waals surface area contributed by atoms with Crippen LogP contribution >= 0.6 is 11.6 Å². The molecule has 1 saturated heterocycles. The van der Waals surface area contributed by atoms with E-state index < -0.39 is 6.10 Å². The summed E-state index contributed by atoms with van der Waals surface area (Å²) in [5.41, 5.74) is 0.486. The van der Waals surface area contributed by atoms with E-state index in [4.69, 9.17) is 16.0 Å². The summed E-state index contributed by atoms with van der Waals surface area (Å²) in [5.74, 6) is 0.466. The number of nitrogens with one attached hydrogen (secondary N) is 1. The van der Waals surface area contributed by atoms with Crippen LogP contribution in [0.25, 0.3) is 0 Å². The smallest absolute Gasteiger partial charge is 0.270 e. The third-order valence-corrected chi connectivity index (χ3v) is 4.10. The van der Waals surface area contributed by atoms with Crippen molar-refractivity contribution in [3.8, 4) is 0 Å². The van der Waals surface area contributed by atoms with Gasteiger partial charge >= 0.3 is 0 Å². The van der Waals surface area contributed by atoms with Gasteiger partial charge in [0.2, 0.25) is 0 Å². The van der Waals surface area contributed by atoms with Crippen molar-refractivity contribution in [2.45, 2.75) is 31.4 Å². The lowest BCUT2D eigenvalue weighted by molar-refractivity contribution is 0.0636. The molecule has 2 N–H and O–H groups in total. The van der Waals surface area contributed by atoms with Gasteiger partial charge in [-0.3, -0.25) is 4.79 Å². The summed E-state index contributed by atoms with van der Waals surface area (Å²) in [6, 6.07) is 5.13. The number of aliphatic hydroxyl groups excluding tert-OH is 1. The minimum absolute atomic E-state index is 0.0136. The SMILES string of the molecule is O=C(c1cc(Cl)c[nH]1)N1CCCC1CC(O)c1ccco1. The van der Waals surface area contributed by atoms with Gasteiger partial charge in [0, 0.05) is 25.2 Å². The van der Waals surface area contributed by atoms with Crippen molar-refractivity contribution in [2.75, 3.05) is 6.54 Å². The van der Waals surface area contributed by atoms with Gasteiger partial charge in [0.15, 0.2) is 0 Å². The number of aromatic nitrogens is 1. The van der Waals surface area contributed by atoms with E-state index >= 15 is 0 Å². The topological polar surface area (TPSA) is 69.5 Å². The molecular weight excluding hydrogens is 292 g/mol. The quantitative estimate of drug-likeness (QED) is 0.912. The first-order chi connectivity index (χ1) is 10.1. The largest absolute Gasteiger partial charge is 0.467 e. The Hall–Kier alpha value is -1.72. The molecule has 5 nitrogen and oxygen atoms in total. The summed E-state index contributed by atoms with van der Waals surface area (Å²) in [4.78, 5) is 17.1. The van der Waals surface area contributed by atoms with Crippen LogP contribution in [0.1, 0.15) is 41.6 Å². The Labute approximate surface area is 127 Å². The molecule has 2 aromatic heterocycles. The van der Waals surface area contributed by atoms with Gasteiger partial charge in [-0.1, -0.05) is 11.6 Å². The second kappa shape index (κ2) is 5.95. The van der Waals surface area contributed by atoms with Crippen LogP contribution in [0.3, 0.4) is 0 Å². The first-order valence-corrected chi connectivity index (χ1v) is 7.39. The lowest BCUT2D eigenvalue weighted by Gasteiger charge is -2.25. The molecule has 0 aliphatic carbocycles. The molecule has 0 aromatic carbocycles. The van der Waals surface area contributed by atoms with Crippen molar-refractivity contribution >= 4 is 17.5 Å². The van der Waals surface area contributed by atoms with E-state index in [-0.39, 0.29) is 11.9 Å². The maximum atomic E-state index is 12.5. The Balaban J connectivity index is 1.69. The van der Waals surface area contributed by atoms with Crippen molar-refractivity contribution in [2.24, 2.45) is 0 Å². The highest BCUT2D eigenvalue weighted by molar-refractivity contribution is 6.30. The van der Waals surface area contributed by atoms with Crippen molar-refractivity contribution in [3.05, 3.63) is 47.1 Å². The summed E-state index contributed by atoms with van der Waals surface area (Å²) in [5, 5.41) is 10.7. The predicted molar refractivity (Wildman–Crippen MR) is 78.1 cm³/mol. The summed E-state index contributed by atoms with van der Waals surface area (Å²) >= 11 is 5.85. The summed E-state index contributed by atoms with van der Waals surface area (Å²) in [6.45, 7) is 0.699. The van der Waals surface area contributed by atoms with E-state index in [2.05, 4.69) is 4.98 Å². The van der Waals surface area contributed by atoms with E-state index in [1.807, 2.05) is 0 Å². The van der Waals surface area contributed by atoms with Crippen LogP contribution in [-0.4, -0.2) is 33.5 Å². The number of amides is 1. The molecule has 112 valence electrons. The number of hydrogen-bond donors (Lipinski definition) is 2. The minimum atomic E-state index is -0.689. The van der Waals surface area contributed by atoms with E-state index in [1.54, 1.807) is 29.3 Å². The first-order valence-electron chi connectivity index (χ1n) is 7.01. The second-order valence-electron chi connectivity index (χ2n) is 5.29. The molecule has 0 radical (unpaired) electrons. The van der Waals surface area contributed by atoms with Crippen LogP contribution < -0.4 is 0 Å². The molecule has 0 spiro atoms. The van der Waals surface area contributed by atoms with E-state index in [1.165, 1.54) is 6.26 Å². The Kier molecular flexibility index (Phi) is 4.03. The Morgan fingerprint density at radius 1 is 1.62 bits per heavy atom. The Bertz CT molecular complexity index is 608. The molecule has 1 amide bonds. The molecule has 1 aliphatic rings. The zero-order chi connectivity index (χ0) is 14.8. The third-order valence-electron chi connectivity index (χ3n) is 3.88.